The number of nitrogens with zero attached hydrogens (tertiary/aromatic N) is 2. The van der Waals surface area contributed by atoms with E-state index in [1.165, 1.54) is 12.2 Å². The molecule has 0 amide bonds. The first kappa shape index (κ1) is 15.2. The third-order valence-corrected chi connectivity index (χ3v) is 3.68. The van der Waals surface area contributed by atoms with Crippen LogP contribution in [0.4, 0.5) is 0 Å². The number of morpholine rings is 1. The van der Waals surface area contributed by atoms with Crippen molar-refractivity contribution in [3.05, 3.63) is 0 Å². The molecule has 17 heavy (non-hydrogen) atoms. The van der Waals surface area contributed by atoms with Crippen molar-refractivity contribution in [3.8, 4) is 0 Å². The SMILES string of the molecule is CSCCCN(C)CC(O)CN1CCOCC1. The molecule has 1 fully saturated rings. The molecule has 102 valence electrons. The van der Waals surface area contributed by atoms with Crippen molar-refractivity contribution in [1.82, 2.24) is 9.80 Å². The summed E-state index contributed by atoms with van der Waals surface area (Å²) < 4.78 is 5.29. The Kier molecular flexibility index (Phi) is 8.22. The van der Waals surface area contributed by atoms with Crippen LogP contribution in [0.5, 0.6) is 0 Å². The van der Waals surface area contributed by atoms with Crippen LogP contribution in [0.1, 0.15) is 6.42 Å². The van der Waals surface area contributed by atoms with Crippen molar-refractivity contribution in [2.45, 2.75) is 12.5 Å². The highest BCUT2D eigenvalue weighted by Gasteiger charge is 2.15. The van der Waals surface area contributed by atoms with E-state index < -0.39 is 0 Å². The third-order valence-electron chi connectivity index (χ3n) is 2.98. The molecule has 4 nitrogen and oxygen atoms in total. The van der Waals surface area contributed by atoms with E-state index in [1.54, 1.807) is 0 Å². The van der Waals surface area contributed by atoms with E-state index >= 15 is 0 Å². The Morgan fingerprint density at radius 2 is 2.12 bits per heavy atom. The quantitative estimate of drug-likeness (QED) is 0.639. The first-order valence-electron chi connectivity index (χ1n) is 6.38. The maximum absolute atomic E-state index is 10.00. The molecule has 1 heterocycles. The molecular weight excluding hydrogens is 236 g/mol. The molecule has 1 aliphatic heterocycles. The van der Waals surface area contributed by atoms with Gasteiger partial charge in [0, 0.05) is 26.2 Å². The summed E-state index contributed by atoms with van der Waals surface area (Å²) in [7, 11) is 2.09. The fourth-order valence-electron chi connectivity index (χ4n) is 2.07. The average molecular weight is 262 g/mol. The number of ether oxygens (including phenoxy) is 1. The van der Waals surface area contributed by atoms with E-state index in [2.05, 4.69) is 23.1 Å². The number of aliphatic hydroxyl groups is 1. The van der Waals surface area contributed by atoms with Crippen LogP contribution < -0.4 is 0 Å². The average Bonchev–Trinajstić information content (AvgIpc) is 2.30. The Morgan fingerprint density at radius 3 is 2.76 bits per heavy atom. The molecule has 1 unspecified atom stereocenters. The monoisotopic (exact) mass is 262 g/mol. The number of aliphatic hydroxyl groups excluding tert-OH is 1. The Balaban J connectivity index is 2.07. The Labute approximate surface area is 109 Å². The molecule has 0 aliphatic carbocycles. The van der Waals surface area contributed by atoms with E-state index in [9.17, 15) is 5.11 Å². The van der Waals surface area contributed by atoms with Gasteiger partial charge in [0.15, 0.2) is 0 Å². The second-order valence-electron chi connectivity index (χ2n) is 4.68. The van der Waals surface area contributed by atoms with Gasteiger partial charge in [-0.2, -0.15) is 11.8 Å². The predicted octanol–water partition coefficient (Wildman–Crippen LogP) is 0.364. The molecule has 0 saturated carbocycles. The third kappa shape index (κ3) is 7.26. The largest absolute Gasteiger partial charge is 0.390 e. The van der Waals surface area contributed by atoms with E-state index in [4.69, 9.17) is 4.74 Å². The van der Waals surface area contributed by atoms with Crippen LogP contribution in [0, 0.1) is 0 Å². The molecule has 0 spiro atoms. The minimum Gasteiger partial charge on any atom is -0.390 e. The number of β-amino-alcohol motifs (C(OH)–C–C–N with tert-alkyl or cyclic N) is 1. The molecular formula is C12H26N2O2S. The van der Waals surface area contributed by atoms with E-state index in [-0.39, 0.29) is 6.10 Å². The van der Waals surface area contributed by atoms with Gasteiger partial charge in [0.05, 0.1) is 19.3 Å². The molecule has 1 atom stereocenters. The van der Waals surface area contributed by atoms with Crippen molar-refractivity contribution in [3.63, 3.8) is 0 Å². The molecule has 0 aromatic heterocycles. The second-order valence-corrected chi connectivity index (χ2v) is 5.66. The summed E-state index contributed by atoms with van der Waals surface area (Å²) in [5.74, 6) is 1.20. The van der Waals surface area contributed by atoms with Crippen molar-refractivity contribution >= 4 is 11.8 Å². The fraction of sp³-hybridized carbons (Fsp3) is 1.00. The van der Waals surface area contributed by atoms with E-state index in [0.29, 0.717) is 0 Å². The summed E-state index contributed by atoms with van der Waals surface area (Å²) >= 11 is 1.88. The van der Waals surface area contributed by atoms with Gasteiger partial charge in [-0.25, -0.2) is 0 Å². The van der Waals surface area contributed by atoms with Crippen LogP contribution in [0.2, 0.25) is 0 Å². The van der Waals surface area contributed by atoms with Gasteiger partial charge >= 0.3 is 0 Å². The highest BCUT2D eigenvalue weighted by Crippen LogP contribution is 2.01. The van der Waals surface area contributed by atoms with Crippen molar-refractivity contribution in [2.24, 2.45) is 0 Å². The van der Waals surface area contributed by atoms with Crippen LogP contribution >= 0.6 is 11.8 Å². The van der Waals surface area contributed by atoms with Gasteiger partial charge in [0.25, 0.3) is 0 Å². The molecule has 1 saturated heterocycles. The molecule has 0 radical (unpaired) electrons. The molecule has 0 bridgehead atoms. The van der Waals surface area contributed by atoms with E-state index in [0.717, 1.165) is 45.9 Å². The number of likely N-dealkylation sites (N-methyl/N-ethyl adjacent to an activating group) is 1. The molecule has 0 aromatic carbocycles. The highest BCUT2D eigenvalue weighted by molar-refractivity contribution is 7.98. The summed E-state index contributed by atoms with van der Waals surface area (Å²) in [5, 5.41) is 10.00. The van der Waals surface area contributed by atoms with Crippen molar-refractivity contribution in [1.29, 1.82) is 0 Å². The van der Waals surface area contributed by atoms with Gasteiger partial charge in [-0.05, 0) is 32.0 Å². The molecule has 1 rings (SSSR count). The van der Waals surface area contributed by atoms with Crippen molar-refractivity contribution < 1.29 is 9.84 Å². The molecule has 5 heteroatoms. The zero-order valence-electron chi connectivity index (χ0n) is 11.1. The normalized spacial score (nSPS) is 19.8. The maximum atomic E-state index is 10.00. The van der Waals surface area contributed by atoms with Gasteiger partial charge in [-0.3, -0.25) is 4.90 Å². The summed E-state index contributed by atoms with van der Waals surface area (Å²) in [6.07, 6.45) is 3.09. The topological polar surface area (TPSA) is 35.9 Å². The number of hydrogen-bond donors (Lipinski definition) is 1. The van der Waals surface area contributed by atoms with Crippen LogP contribution in [0.25, 0.3) is 0 Å². The molecule has 1 aliphatic rings. The van der Waals surface area contributed by atoms with Crippen molar-refractivity contribution in [2.75, 3.05) is 65.0 Å². The fourth-order valence-corrected chi connectivity index (χ4v) is 2.49. The lowest BCUT2D eigenvalue weighted by Crippen LogP contribution is -2.44. The minimum absolute atomic E-state index is 0.243. The smallest absolute Gasteiger partial charge is 0.0793 e. The first-order valence-corrected chi connectivity index (χ1v) is 7.77. The second kappa shape index (κ2) is 9.16. The van der Waals surface area contributed by atoms with Gasteiger partial charge in [0.2, 0.25) is 0 Å². The number of thioether (sulfide) groups is 1. The molecule has 0 aromatic rings. The van der Waals surface area contributed by atoms with Crippen LogP contribution in [0.15, 0.2) is 0 Å². The summed E-state index contributed by atoms with van der Waals surface area (Å²) in [4.78, 5) is 4.51. The van der Waals surface area contributed by atoms with Crippen LogP contribution in [0.3, 0.4) is 0 Å². The minimum atomic E-state index is -0.243. The summed E-state index contributed by atoms with van der Waals surface area (Å²) in [6, 6.07) is 0. The lowest BCUT2D eigenvalue weighted by molar-refractivity contribution is 0.00875. The van der Waals surface area contributed by atoms with Gasteiger partial charge in [-0.1, -0.05) is 0 Å². The lowest BCUT2D eigenvalue weighted by atomic mass is 10.2. The summed E-state index contributed by atoms with van der Waals surface area (Å²) in [6.45, 7) is 6.12. The number of rotatable bonds is 8. The standard InChI is InChI=1S/C12H26N2O2S/c1-13(4-3-9-17-2)10-12(15)11-14-5-7-16-8-6-14/h12,15H,3-11H2,1-2H3. The van der Waals surface area contributed by atoms with Gasteiger partial charge in [0.1, 0.15) is 0 Å². The summed E-state index contributed by atoms with van der Waals surface area (Å²) in [5.41, 5.74) is 0. The molecule has 1 N–H and O–H groups in total. The Hall–Kier alpha value is 0.190. The maximum Gasteiger partial charge on any atom is 0.0793 e. The lowest BCUT2D eigenvalue weighted by Gasteiger charge is -2.30. The van der Waals surface area contributed by atoms with Crippen LogP contribution in [-0.2, 0) is 4.74 Å². The van der Waals surface area contributed by atoms with E-state index in [1.807, 2.05) is 11.8 Å². The van der Waals surface area contributed by atoms with Gasteiger partial charge < -0.3 is 14.7 Å². The highest BCUT2D eigenvalue weighted by atomic mass is 32.2. The number of hydrogen-bond acceptors (Lipinski definition) is 5. The zero-order valence-corrected chi connectivity index (χ0v) is 11.9. The Bertz CT molecular complexity index is 189. The predicted molar refractivity (Wildman–Crippen MR) is 73.8 cm³/mol. The zero-order chi connectivity index (χ0) is 12.5. The Morgan fingerprint density at radius 1 is 1.41 bits per heavy atom. The van der Waals surface area contributed by atoms with Crippen LogP contribution in [-0.4, -0.2) is 86.0 Å². The van der Waals surface area contributed by atoms with Gasteiger partial charge in [-0.15, -0.1) is 0 Å². The first-order chi connectivity index (χ1) is 8.22.